The Hall–Kier alpha value is -3.03. The van der Waals surface area contributed by atoms with Gasteiger partial charge in [-0.3, -0.25) is 4.79 Å². The summed E-state index contributed by atoms with van der Waals surface area (Å²) in [6, 6.07) is 9.93. The Balaban J connectivity index is 1.58. The standard InChI is InChI=1S/C22H23F2NO5/c1-27-19-13-15(6-8-18(19)30-22(23)24)21(26)25-9-2-4-16(25)14-5-7-17-20(12-14)29-11-3-10-28-17/h5-8,12-13,16,22H,2-4,9-11H2,1H3. The number of benzene rings is 2. The van der Waals surface area contributed by atoms with Gasteiger partial charge in [0, 0.05) is 18.5 Å². The molecule has 1 fully saturated rings. The third-order valence-corrected chi connectivity index (χ3v) is 5.30. The van der Waals surface area contributed by atoms with Gasteiger partial charge in [-0.1, -0.05) is 6.07 Å². The molecule has 0 aliphatic carbocycles. The van der Waals surface area contributed by atoms with E-state index in [2.05, 4.69) is 4.74 Å². The molecule has 0 saturated carbocycles. The lowest BCUT2D eigenvalue weighted by Gasteiger charge is -2.26. The van der Waals surface area contributed by atoms with E-state index in [1.165, 1.54) is 25.3 Å². The number of methoxy groups -OCH3 is 1. The predicted molar refractivity (Wildman–Crippen MR) is 105 cm³/mol. The molecule has 2 aromatic carbocycles. The van der Waals surface area contributed by atoms with Gasteiger partial charge in [-0.05, 0) is 48.7 Å². The van der Waals surface area contributed by atoms with Crippen LogP contribution in [0.3, 0.4) is 0 Å². The van der Waals surface area contributed by atoms with E-state index in [-0.39, 0.29) is 23.4 Å². The minimum atomic E-state index is -2.97. The van der Waals surface area contributed by atoms with Crippen LogP contribution < -0.4 is 18.9 Å². The first-order valence-corrected chi connectivity index (χ1v) is 9.90. The molecule has 30 heavy (non-hydrogen) atoms. The van der Waals surface area contributed by atoms with Gasteiger partial charge in [-0.2, -0.15) is 8.78 Å². The smallest absolute Gasteiger partial charge is 0.387 e. The van der Waals surface area contributed by atoms with Crippen molar-refractivity contribution in [3.05, 3.63) is 47.5 Å². The van der Waals surface area contributed by atoms with Gasteiger partial charge < -0.3 is 23.8 Å². The van der Waals surface area contributed by atoms with Gasteiger partial charge in [-0.25, -0.2) is 0 Å². The highest BCUT2D eigenvalue weighted by Crippen LogP contribution is 2.39. The number of ether oxygens (including phenoxy) is 4. The second kappa shape index (κ2) is 8.77. The minimum absolute atomic E-state index is 0.0903. The Morgan fingerprint density at radius 1 is 1.07 bits per heavy atom. The van der Waals surface area contributed by atoms with Gasteiger partial charge in [0.2, 0.25) is 0 Å². The zero-order valence-corrected chi connectivity index (χ0v) is 16.6. The fraction of sp³-hybridized carbons (Fsp3) is 0.409. The number of halogens is 2. The number of nitrogens with zero attached hydrogens (tertiary/aromatic N) is 1. The van der Waals surface area contributed by atoms with Crippen molar-refractivity contribution in [3.63, 3.8) is 0 Å². The van der Waals surface area contributed by atoms with Crippen molar-refractivity contribution in [1.29, 1.82) is 0 Å². The molecule has 2 aliphatic rings. The van der Waals surface area contributed by atoms with Crippen molar-refractivity contribution in [2.24, 2.45) is 0 Å². The van der Waals surface area contributed by atoms with Crippen LogP contribution in [0.15, 0.2) is 36.4 Å². The van der Waals surface area contributed by atoms with Crippen LogP contribution in [0.25, 0.3) is 0 Å². The molecule has 0 N–H and O–H groups in total. The molecular weight excluding hydrogens is 396 g/mol. The highest BCUT2D eigenvalue weighted by Gasteiger charge is 2.32. The Morgan fingerprint density at radius 3 is 2.63 bits per heavy atom. The van der Waals surface area contributed by atoms with Crippen LogP contribution in [0, 0.1) is 0 Å². The summed E-state index contributed by atoms with van der Waals surface area (Å²) in [5, 5.41) is 0. The summed E-state index contributed by atoms with van der Waals surface area (Å²) in [6.07, 6.45) is 2.52. The summed E-state index contributed by atoms with van der Waals surface area (Å²) in [7, 11) is 1.35. The van der Waals surface area contributed by atoms with Gasteiger partial charge >= 0.3 is 6.61 Å². The number of hydrogen-bond acceptors (Lipinski definition) is 5. The summed E-state index contributed by atoms with van der Waals surface area (Å²) in [6.45, 7) is -1.15. The highest BCUT2D eigenvalue weighted by molar-refractivity contribution is 5.95. The zero-order valence-electron chi connectivity index (χ0n) is 16.6. The van der Waals surface area contributed by atoms with E-state index in [1.54, 1.807) is 4.90 Å². The van der Waals surface area contributed by atoms with Gasteiger partial charge in [0.25, 0.3) is 5.91 Å². The summed E-state index contributed by atoms with van der Waals surface area (Å²) in [5.74, 6) is 1.20. The molecule has 0 spiro atoms. The normalized spacial score (nSPS) is 18.3. The van der Waals surface area contributed by atoms with Crippen molar-refractivity contribution in [2.75, 3.05) is 26.9 Å². The second-order valence-corrected chi connectivity index (χ2v) is 7.16. The van der Waals surface area contributed by atoms with Gasteiger partial charge in [0.1, 0.15) is 0 Å². The van der Waals surface area contributed by atoms with Crippen LogP contribution in [0.1, 0.15) is 41.2 Å². The van der Waals surface area contributed by atoms with E-state index in [4.69, 9.17) is 14.2 Å². The maximum atomic E-state index is 13.2. The fourth-order valence-corrected chi connectivity index (χ4v) is 3.90. The van der Waals surface area contributed by atoms with Crippen molar-refractivity contribution in [3.8, 4) is 23.0 Å². The number of hydrogen-bond donors (Lipinski definition) is 0. The van der Waals surface area contributed by atoms with Crippen LogP contribution in [0.4, 0.5) is 8.78 Å². The van der Waals surface area contributed by atoms with Crippen LogP contribution in [-0.2, 0) is 0 Å². The van der Waals surface area contributed by atoms with E-state index in [9.17, 15) is 13.6 Å². The van der Waals surface area contributed by atoms with Crippen LogP contribution in [0.5, 0.6) is 23.0 Å². The van der Waals surface area contributed by atoms with Crippen LogP contribution >= 0.6 is 0 Å². The van der Waals surface area contributed by atoms with Crippen LogP contribution in [0.2, 0.25) is 0 Å². The van der Waals surface area contributed by atoms with E-state index >= 15 is 0 Å². The van der Waals surface area contributed by atoms with Crippen molar-refractivity contribution < 1.29 is 32.5 Å². The average Bonchev–Trinajstić information content (AvgIpc) is 3.11. The third kappa shape index (κ3) is 4.13. The average molecular weight is 419 g/mol. The SMILES string of the molecule is COc1cc(C(=O)N2CCCC2c2ccc3c(c2)OCCCO3)ccc1OC(F)F. The molecule has 2 aliphatic heterocycles. The number of amides is 1. The molecule has 1 unspecified atom stereocenters. The minimum Gasteiger partial charge on any atom is -0.493 e. The van der Waals surface area contributed by atoms with Gasteiger partial charge in [-0.15, -0.1) is 0 Å². The molecule has 2 aromatic rings. The molecule has 0 bridgehead atoms. The Morgan fingerprint density at radius 2 is 1.87 bits per heavy atom. The topological polar surface area (TPSA) is 57.2 Å². The van der Waals surface area contributed by atoms with Gasteiger partial charge in [0.15, 0.2) is 23.0 Å². The van der Waals surface area contributed by atoms with E-state index in [0.29, 0.717) is 36.8 Å². The molecule has 0 aromatic heterocycles. The largest absolute Gasteiger partial charge is 0.493 e. The highest BCUT2D eigenvalue weighted by atomic mass is 19.3. The molecule has 6 nitrogen and oxygen atoms in total. The molecular formula is C22H23F2NO5. The predicted octanol–water partition coefficient (Wildman–Crippen LogP) is 4.44. The van der Waals surface area contributed by atoms with Crippen molar-refractivity contribution >= 4 is 5.91 Å². The lowest BCUT2D eigenvalue weighted by molar-refractivity contribution is -0.0512. The fourth-order valence-electron chi connectivity index (χ4n) is 3.90. The number of rotatable bonds is 5. The molecule has 0 radical (unpaired) electrons. The number of fused-ring (bicyclic) bond motifs is 1. The first-order chi connectivity index (χ1) is 14.6. The Labute approximate surface area is 173 Å². The lowest BCUT2D eigenvalue weighted by atomic mass is 10.0. The lowest BCUT2D eigenvalue weighted by Crippen LogP contribution is -2.30. The molecule has 8 heteroatoms. The van der Waals surface area contributed by atoms with Crippen molar-refractivity contribution in [1.82, 2.24) is 4.90 Å². The van der Waals surface area contributed by atoms with Gasteiger partial charge in [0.05, 0.1) is 26.4 Å². The van der Waals surface area contributed by atoms with Crippen LogP contribution in [-0.4, -0.2) is 44.3 Å². The molecule has 1 amide bonds. The first-order valence-electron chi connectivity index (χ1n) is 9.90. The Bertz CT molecular complexity index is 920. The summed E-state index contributed by atoms with van der Waals surface area (Å²) >= 11 is 0. The third-order valence-electron chi connectivity index (χ3n) is 5.30. The summed E-state index contributed by atoms with van der Waals surface area (Å²) < 4.78 is 46.1. The molecule has 1 atom stereocenters. The zero-order chi connectivity index (χ0) is 21.1. The monoisotopic (exact) mass is 419 g/mol. The number of carbonyl (C=O) groups excluding carboxylic acids is 1. The Kier molecular flexibility index (Phi) is 5.92. The molecule has 2 heterocycles. The summed E-state index contributed by atoms with van der Waals surface area (Å²) in [4.78, 5) is 15.0. The molecule has 1 saturated heterocycles. The number of likely N-dealkylation sites (tertiary alicyclic amines) is 1. The number of alkyl halides is 2. The maximum Gasteiger partial charge on any atom is 0.387 e. The summed E-state index contributed by atoms with van der Waals surface area (Å²) in [5.41, 5.74) is 1.34. The number of carbonyl (C=O) groups is 1. The second-order valence-electron chi connectivity index (χ2n) is 7.16. The molecule has 4 rings (SSSR count). The molecule has 160 valence electrons. The quantitative estimate of drug-likeness (QED) is 0.718. The van der Waals surface area contributed by atoms with E-state index in [0.717, 1.165) is 24.8 Å². The first kappa shape index (κ1) is 20.3. The van der Waals surface area contributed by atoms with E-state index < -0.39 is 6.61 Å². The van der Waals surface area contributed by atoms with Crippen molar-refractivity contribution in [2.45, 2.75) is 31.9 Å². The van der Waals surface area contributed by atoms with E-state index in [1.807, 2.05) is 18.2 Å². The maximum absolute atomic E-state index is 13.2.